The summed E-state index contributed by atoms with van der Waals surface area (Å²) in [5.41, 5.74) is 1.21. The fraction of sp³-hybridized carbons (Fsp3) is 1.00. The van der Waals surface area contributed by atoms with E-state index in [1.54, 1.807) is 0 Å². The van der Waals surface area contributed by atoms with Crippen molar-refractivity contribution in [1.29, 1.82) is 0 Å². The van der Waals surface area contributed by atoms with E-state index in [1.165, 1.54) is 45.1 Å². The van der Waals surface area contributed by atoms with Crippen molar-refractivity contribution in [2.45, 2.75) is 58.4 Å². The molecule has 2 atom stereocenters. The van der Waals surface area contributed by atoms with E-state index < -0.39 is 0 Å². The first-order valence-electron chi connectivity index (χ1n) is 7.44. The average molecular weight is 237 g/mol. The second-order valence-electron chi connectivity index (χ2n) is 7.22. The van der Waals surface area contributed by atoms with Gasteiger partial charge in [-0.3, -0.25) is 0 Å². The van der Waals surface area contributed by atoms with Crippen LogP contribution in [0.5, 0.6) is 0 Å². The van der Waals surface area contributed by atoms with Crippen molar-refractivity contribution >= 4 is 0 Å². The van der Waals surface area contributed by atoms with Gasteiger partial charge in [-0.2, -0.15) is 0 Å². The monoisotopic (exact) mass is 237 g/mol. The van der Waals surface area contributed by atoms with Crippen LogP contribution in [0.25, 0.3) is 0 Å². The Morgan fingerprint density at radius 2 is 1.88 bits per heavy atom. The highest BCUT2D eigenvalue weighted by Crippen LogP contribution is 2.52. The summed E-state index contributed by atoms with van der Waals surface area (Å²) >= 11 is 0. The van der Waals surface area contributed by atoms with E-state index in [9.17, 15) is 0 Å². The molecule has 1 spiro atoms. The second kappa shape index (κ2) is 4.24. The standard InChI is InChI=1S/C15H27NO/c1-14(2)10-12(14)11-16-13-4-3-5-15(13)6-8-17-9-7-15/h12-13,16H,3-11H2,1-2H3. The Balaban J connectivity index is 1.55. The molecule has 3 aliphatic rings. The van der Waals surface area contributed by atoms with Crippen molar-refractivity contribution in [2.24, 2.45) is 16.7 Å². The van der Waals surface area contributed by atoms with Crippen molar-refractivity contribution in [3.05, 3.63) is 0 Å². The Morgan fingerprint density at radius 1 is 1.18 bits per heavy atom. The minimum absolute atomic E-state index is 0.595. The van der Waals surface area contributed by atoms with E-state index in [1.807, 2.05) is 0 Å². The predicted molar refractivity (Wildman–Crippen MR) is 70.0 cm³/mol. The average Bonchev–Trinajstić information content (AvgIpc) is 2.75. The molecule has 98 valence electrons. The maximum Gasteiger partial charge on any atom is 0.0471 e. The lowest BCUT2D eigenvalue weighted by molar-refractivity contribution is 0.00419. The van der Waals surface area contributed by atoms with Gasteiger partial charge in [0.05, 0.1) is 0 Å². The molecule has 1 heterocycles. The molecule has 2 unspecified atom stereocenters. The first-order chi connectivity index (χ1) is 8.12. The largest absolute Gasteiger partial charge is 0.381 e. The highest BCUT2D eigenvalue weighted by Gasteiger charge is 2.47. The van der Waals surface area contributed by atoms with Gasteiger partial charge in [0.25, 0.3) is 0 Å². The van der Waals surface area contributed by atoms with Gasteiger partial charge in [0.1, 0.15) is 0 Å². The molecule has 1 aliphatic heterocycles. The number of hydrogen-bond donors (Lipinski definition) is 1. The van der Waals surface area contributed by atoms with Gasteiger partial charge in [0, 0.05) is 19.3 Å². The number of nitrogens with one attached hydrogen (secondary N) is 1. The van der Waals surface area contributed by atoms with Crippen molar-refractivity contribution in [1.82, 2.24) is 5.32 Å². The van der Waals surface area contributed by atoms with Crippen molar-refractivity contribution in [3.63, 3.8) is 0 Å². The number of hydrogen-bond acceptors (Lipinski definition) is 2. The predicted octanol–water partition coefficient (Wildman–Crippen LogP) is 2.97. The lowest BCUT2D eigenvalue weighted by Gasteiger charge is -2.39. The SMILES string of the molecule is CC1(C)CC1CNC1CCCC12CCOCC2. The third kappa shape index (κ3) is 2.26. The van der Waals surface area contributed by atoms with Crippen LogP contribution < -0.4 is 5.32 Å². The first kappa shape index (κ1) is 12.0. The Morgan fingerprint density at radius 3 is 2.53 bits per heavy atom. The summed E-state index contributed by atoms with van der Waals surface area (Å²) in [6, 6.07) is 0.780. The lowest BCUT2D eigenvalue weighted by atomic mass is 9.75. The Bertz CT molecular complexity index is 281. The number of rotatable bonds is 3. The summed E-state index contributed by atoms with van der Waals surface area (Å²) in [6.45, 7) is 8.04. The van der Waals surface area contributed by atoms with E-state index in [2.05, 4.69) is 19.2 Å². The number of ether oxygens (including phenoxy) is 1. The van der Waals surface area contributed by atoms with Crippen LogP contribution in [0.3, 0.4) is 0 Å². The summed E-state index contributed by atoms with van der Waals surface area (Å²) in [5.74, 6) is 0.931. The molecule has 3 rings (SSSR count). The third-order valence-electron chi connectivity index (χ3n) is 5.72. The maximum atomic E-state index is 5.55. The van der Waals surface area contributed by atoms with Crippen LogP contribution in [0, 0.1) is 16.7 Å². The van der Waals surface area contributed by atoms with Crippen LogP contribution in [0.1, 0.15) is 52.4 Å². The van der Waals surface area contributed by atoms with Gasteiger partial charge in [0.15, 0.2) is 0 Å². The van der Waals surface area contributed by atoms with E-state index in [4.69, 9.17) is 4.74 Å². The topological polar surface area (TPSA) is 21.3 Å². The van der Waals surface area contributed by atoms with E-state index in [0.717, 1.165) is 25.2 Å². The van der Waals surface area contributed by atoms with Crippen molar-refractivity contribution < 1.29 is 4.74 Å². The quantitative estimate of drug-likeness (QED) is 0.815. The molecule has 0 aromatic carbocycles. The van der Waals surface area contributed by atoms with Crippen LogP contribution in [0.15, 0.2) is 0 Å². The molecule has 2 saturated carbocycles. The Kier molecular flexibility index (Phi) is 2.99. The zero-order chi connectivity index (χ0) is 11.9. The van der Waals surface area contributed by atoms with Crippen LogP contribution in [0.4, 0.5) is 0 Å². The molecule has 17 heavy (non-hydrogen) atoms. The molecule has 1 N–H and O–H groups in total. The molecular formula is C15H27NO. The van der Waals surface area contributed by atoms with Gasteiger partial charge in [-0.25, -0.2) is 0 Å². The van der Waals surface area contributed by atoms with Gasteiger partial charge in [0.2, 0.25) is 0 Å². The molecule has 0 aromatic heterocycles. The van der Waals surface area contributed by atoms with Crippen LogP contribution >= 0.6 is 0 Å². The summed E-state index contributed by atoms with van der Waals surface area (Å²) < 4.78 is 5.55. The molecule has 0 radical (unpaired) electrons. The fourth-order valence-electron chi connectivity index (χ4n) is 4.04. The molecule has 1 saturated heterocycles. The fourth-order valence-corrected chi connectivity index (χ4v) is 4.04. The maximum absolute atomic E-state index is 5.55. The van der Waals surface area contributed by atoms with Gasteiger partial charge in [-0.1, -0.05) is 20.3 Å². The zero-order valence-electron chi connectivity index (χ0n) is 11.4. The van der Waals surface area contributed by atoms with Crippen LogP contribution in [-0.2, 0) is 4.74 Å². The van der Waals surface area contributed by atoms with Crippen molar-refractivity contribution in [2.75, 3.05) is 19.8 Å². The first-order valence-corrected chi connectivity index (χ1v) is 7.44. The zero-order valence-corrected chi connectivity index (χ0v) is 11.4. The normalized spacial score (nSPS) is 38.5. The molecule has 0 amide bonds. The van der Waals surface area contributed by atoms with Crippen molar-refractivity contribution in [3.8, 4) is 0 Å². The molecule has 3 fully saturated rings. The van der Waals surface area contributed by atoms with Gasteiger partial charge in [-0.05, 0) is 55.4 Å². The second-order valence-corrected chi connectivity index (χ2v) is 7.22. The van der Waals surface area contributed by atoms with Crippen LogP contribution in [-0.4, -0.2) is 25.8 Å². The molecule has 0 aromatic rings. The summed E-state index contributed by atoms with van der Waals surface area (Å²) in [6.07, 6.45) is 8.25. The van der Waals surface area contributed by atoms with Gasteiger partial charge >= 0.3 is 0 Å². The summed E-state index contributed by atoms with van der Waals surface area (Å²) in [7, 11) is 0. The Hall–Kier alpha value is -0.0800. The lowest BCUT2D eigenvalue weighted by Crippen LogP contribution is -2.45. The molecule has 2 aliphatic carbocycles. The van der Waals surface area contributed by atoms with Gasteiger partial charge in [-0.15, -0.1) is 0 Å². The van der Waals surface area contributed by atoms with E-state index >= 15 is 0 Å². The van der Waals surface area contributed by atoms with E-state index in [-0.39, 0.29) is 0 Å². The molecule has 2 nitrogen and oxygen atoms in total. The smallest absolute Gasteiger partial charge is 0.0471 e. The summed E-state index contributed by atoms with van der Waals surface area (Å²) in [5, 5.41) is 3.90. The minimum atomic E-state index is 0.595. The van der Waals surface area contributed by atoms with E-state index in [0.29, 0.717) is 10.8 Å². The molecule has 0 bridgehead atoms. The third-order valence-corrected chi connectivity index (χ3v) is 5.72. The minimum Gasteiger partial charge on any atom is -0.381 e. The molecular weight excluding hydrogens is 210 g/mol. The highest BCUT2D eigenvalue weighted by molar-refractivity contribution is 5.01. The molecule has 2 heteroatoms. The highest BCUT2D eigenvalue weighted by atomic mass is 16.5. The summed E-state index contributed by atoms with van der Waals surface area (Å²) in [4.78, 5) is 0. The Labute approximate surface area is 105 Å². The van der Waals surface area contributed by atoms with Gasteiger partial charge < -0.3 is 10.1 Å². The van der Waals surface area contributed by atoms with Crippen LogP contribution in [0.2, 0.25) is 0 Å².